The molecule has 1 amide bonds. The Kier molecular flexibility index (Phi) is 8.68. The smallest absolute Gasteiger partial charge is 0.382 e. The molecule has 0 unspecified atom stereocenters. The molecule has 11 heteroatoms. The first-order valence-electron chi connectivity index (χ1n) is 13.3. The number of halogens is 3. The van der Waals surface area contributed by atoms with Crippen LogP contribution >= 0.6 is 0 Å². The van der Waals surface area contributed by atoms with E-state index in [4.69, 9.17) is 4.74 Å². The number of benzene rings is 2. The molecule has 2 aromatic carbocycles. The topological polar surface area (TPSA) is 88.0 Å². The third-order valence-electron chi connectivity index (χ3n) is 7.57. The number of hydrogen-bond donors (Lipinski definition) is 1. The van der Waals surface area contributed by atoms with Crippen LogP contribution in [0.3, 0.4) is 0 Å². The molecule has 39 heavy (non-hydrogen) atoms. The second-order valence-corrected chi connectivity index (χ2v) is 10.5. The van der Waals surface area contributed by atoms with Crippen molar-refractivity contribution in [2.24, 2.45) is 0 Å². The lowest BCUT2D eigenvalue weighted by atomic mass is 9.92. The highest BCUT2D eigenvalue weighted by atomic mass is 19.4. The third kappa shape index (κ3) is 7.00. The van der Waals surface area contributed by atoms with Crippen molar-refractivity contribution in [1.29, 1.82) is 0 Å². The van der Waals surface area contributed by atoms with Crippen molar-refractivity contribution < 1.29 is 27.6 Å². The van der Waals surface area contributed by atoms with Gasteiger partial charge < -0.3 is 19.9 Å². The van der Waals surface area contributed by atoms with Gasteiger partial charge in [-0.15, -0.1) is 0 Å². The summed E-state index contributed by atoms with van der Waals surface area (Å²) in [6, 6.07) is 7.27. The van der Waals surface area contributed by atoms with Crippen LogP contribution < -0.4 is 10.2 Å². The Morgan fingerprint density at radius 2 is 1.64 bits per heavy atom. The zero-order valence-corrected chi connectivity index (χ0v) is 22.5. The van der Waals surface area contributed by atoms with E-state index in [0.717, 1.165) is 25.2 Å². The summed E-state index contributed by atoms with van der Waals surface area (Å²) in [7, 11) is 0. The number of ether oxygens (including phenoxy) is 1. The Morgan fingerprint density at radius 1 is 1.03 bits per heavy atom. The predicted molar refractivity (Wildman–Crippen MR) is 143 cm³/mol. The highest BCUT2D eigenvalue weighted by Crippen LogP contribution is 2.38. The Hall–Kier alpha value is -3.34. The van der Waals surface area contributed by atoms with E-state index >= 15 is 0 Å². The predicted octanol–water partition coefficient (Wildman–Crippen LogP) is 5.63. The zero-order valence-electron chi connectivity index (χ0n) is 22.5. The number of nitro benzene ring substituents is 1. The Balaban J connectivity index is 1.22. The highest BCUT2D eigenvalue weighted by molar-refractivity contribution is 5.78. The van der Waals surface area contributed by atoms with E-state index in [0.29, 0.717) is 38.8 Å². The minimum absolute atomic E-state index is 0.0165. The van der Waals surface area contributed by atoms with E-state index < -0.39 is 22.4 Å². The second kappa shape index (κ2) is 11.8. The van der Waals surface area contributed by atoms with Crippen molar-refractivity contribution in [3.8, 4) is 0 Å². The fraction of sp³-hybridized carbons (Fsp3) is 0.536. The van der Waals surface area contributed by atoms with Gasteiger partial charge in [0.1, 0.15) is 12.2 Å². The molecule has 0 bridgehead atoms. The number of carbonyl (C=O) groups is 1. The van der Waals surface area contributed by atoms with Crippen molar-refractivity contribution in [2.45, 2.75) is 64.8 Å². The molecule has 1 saturated heterocycles. The first-order valence-corrected chi connectivity index (χ1v) is 13.3. The summed E-state index contributed by atoms with van der Waals surface area (Å²) in [5, 5.41) is 14.0. The van der Waals surface area contributed by atoms with E-state index in [1.54, 1.807) is 0 Å². The molecule has 1 aliphatic heterocycles. The molecule has 2 aliphatic rings. The lowest BCUT2D eigenvalue weighted by molar-refractivity contribution is -0.388. The molecule has 8 nitrogen and oxygen atoms in total. The van der Waals surface area contributed by atoms with Crippen LogP contribution in [0, 0.1) is 30.9 Å². The van der Waals surface area contributed by atoms with E-state index in [2.05, 4.69) is 43.1 Å². The Bertz CT molecular complexity index is 1180. The maximum Gasteiger partial charge on any atom is 0.423 e. The summed E-state index contributed by atoms with van der Waals surface area (Å²) in [5.74, 6) is -0.0298. The van der Waals surface area contributed by atoms with Gasteiger partial charge in [-0.25, -0.2) is 0 Å². The average molecular weight is 549 g/mol. The number of nitro groups is 1. The number of carbonyl (C=O) groups excluding carboxylic acids is 1. The monoisotopic (exact) mass is 548 g/mol. The molecular formula is C28H35F3N4O4. The van der Waals surface area contributed by atoms with Crippen LogP contribution in [0.5, 0.6) is 0 Å². The van der Waals surface area contributed by atoms with Crippen LogP contribution in [-0.2, 0) is 15.7 Å². The van der Waals surface area contributed by atoms with Crippen molar-refractivity contribution >= 4 is 23.0 Å². The summed E-state index contributed by atoms with van der Waals surface area (Å²) < 4.78 is 45.7. The number of nitrogens with zero attached hydrogens (tertiary/aromatic N) is 3. The van der Waals surface area contributed by atoms with Gasteiger partial charge in [-0.3, -0.25) is 14.9 Å². The van der Waals surface area contributed by atoms with E-state index in [9.17, 15) is 28.1 Å². The van der Waals surface area contributed by atoms with Crippen LogP contribution in [0.15, 0.2) is 30.3 Å². The molecule has 212 valence electrons. The minimum atomic E-state index is -4.82. The van der Waals surface area contributed by atoms with Crippen LogP contribution in [0.4, 0.5) is 30.2 Å². The van der Waals surface area contributed by atoms with Gasteiger partial charge in [0, 0.05) is 49.7 Å². The van der Waals surface area contributed by atoms with Gasteiger partial charge in [0.05, 0.1) is 11.0 Å². The molecule has 2 fully saturated rings. The number of anilines is 2. The standard InChI is InChI=1S/C28H35F3N4O4/c1-18-14-19(2)27(20(3)15-18)34-12-10-33(11-13-34)26(36)17-39-23-7-4-21(5-8-23)32-22-6-9-25(35(37)38)24(16-22)28(29,30)31/h6,9,14-16,21,23,32H,4-5,7-8,10-13,17H2,1-3H3. The summed E-state index contributed by atoms with van der Waals surface area (Å²) in [4.78, 5) is 26.9. The second-order valence-electron chi connectivity index (χ2n) is 10.5. The largest absolute Gasteiger partial charge is 0.423 e. The number of piperazine rings is 1. The molecule has 0 atom stereocenters. The van der Waals surface area contributed by atoms with Crippen LogP contribution in [-0.4, -0.2) is 60.7 Å². The SMILES string of the molecule is Cc1cc(C)c(N2CCN(C(=O)COC3CCC(Nc4ccc([N+](=O)[O-])c(C(F)(F)F)c4)CC3)CC2)c(C)c1. The number of rotatable bonds is 7. The van der Waals surface area contributed by atoms with E-state index in [1.165, 1.54) is 28.4 Å². The third-order valence-corrected chi connectivity index (χ3v) is 7.57. The lowest BCUT2D eigenvalue weighted by Gasteiger charge is -2.38. The molecule has 1 N–H and O–H groups in total. The maximum atomic E-state index is 13.3. The molecule has 0 spiro atoms. The van der Waals surface area contributed by atoms with Gasteiger partial charge in [-0.1, -0.05) is 17.7 Å². The van der Waals surface area contributed by atoms with Gasteiger partial charge in [0.2, 0.25) is 5.91 Å². The number of aryl methyl sites for hydroxylation is 3. The quantitative estimate of drug-likeness (QED) is 0.357. The molecule has 1 aliphatic carbocycles. The number of alkyl halides is 3. The summed E-state index contributed by atoms with van der Waals surface area (Å²) >= 11 is 0. The molecule has 2 aromatic rings. The van der Waals surface area contributed by atoms with Crippen LogP contribution in [0.2, 0.25) is 0 Å². The zero-order chi connectivity index (χ0) is 28.3. The first-order chi connectivity index (χ1) is 18.4. The molecule has 0 aromatic heterocycles. The highest BCUT2D eigenvalue weighted by Gasteiger charge is 2.38. The van der Waals surface area contributed by atoms with Gasteiger partial charge in [0.15, 0.2) is 0 Å². The summed E-state index contributed by atoms with van der Waals surface area (Å²) in [6.07, 6.45) is -2.25. The molecule has 4 rings (SSSR count). The Labute approximate surface area is 226 Å². The maximum absolute atomic E-state index is 13.3. The van der Waals surface area contributed by atoms with Gasteiger partial charge in [0.25, 0.3) is 5.69 Å². The Morgan fingerprint density at radius 3 is 2.21 bits per heavy atom. The number of nitrogens with one attached hydrogen (secondary N) is 1. The van der Waals surface area contributed by atoms with Gasteiger partial charge in [-0.2, -0.15) is 13.2 Å². The van der Waals surface area contributed by atoms with E-state index in [1.807, 2.05) is 4.90 Å². The first kappa shape index (κ1) is 28.7. The minimum Gasteiger partial charge on any atom is -0.382 e. The summed E-state index contributed by atoms with van der Waals surface area (Å²) in [5.41, 5.74) is 2.95. The fourth-order valence-corrected chi connectivity index (χ4v) is 5.75. The van der Waals surface area contributed by atoms with Crippen molar-refractivity contribution in [3.63, 3.8) is 0 Å². The van der Waals surface area contributed by atoms with Crippen molar-refractivity contribution in [1.82, 2.24) is 4.90 Å². The molecule has 0 radical (unpaired) electrons. The van der Waals surface area contributed by atoms with Crippen LogP contribution in [0.1, 0.15) is 47.9 Å². The van der Waals surface area contributed by atoms with Crippen molar-refractivity contribution in [2.75, 3.05) is 43.0 Å². The lowest BCUT2D eigenvalue weighted by Crippen LogP contribution is -2.50. The summed E-state index contributed by atoms with van der Waals surface area (Å²) in [6.45, 7) is 9.17. The number of hydrogen-bond acceptors (Lipinski definition) is 6. The molecule has 1 saturated carbocycles. The number of amides is 1. The molecule has 1 heterocycles. The van der Waals surface area contributed by atoms with E-state index in [-0.39, 0.29) is 30.3 Å². The molecular weight excluding hydrogens is 513 g/mol. The average Bonchev–Trinajstić information content (AvgIpc) is 2.87. The fourth-order valence-electron chi connectivity index (χ4n) is 5.75. The van der Waals surface area contributed by atoms with Crippen molar-refractivity contribution in [3.05, 3.63) is 62.7 Å². The normalized spacial score (nSPS) is 20.2. The van der Waals surface area contributed by atoms with Gasteiger partial charge in [-0.05, 0) is 69.7 Å². The van der Waals surface area contributed by atoms with Crippen LogP contribution in [0.25, 0.3) is 0 Å². The van der Waals surface area contributed by atoms with Gasteiger partial charge >= 0.3 is 6.18 Å².